The van der Waals surface area contributed by atoms with E-state index in [1.807, 2.05) is 26.8 Å². The molecule has 0 aliphatic rings. The van der Waals surface area contributed by atoms with E-state index in [9.17, 15) is 15.3 Å². The first-order chi connectivity index (χ1) is 8.27. The zero-order valence-electron chi connectivity index (χ0n) is 11.0. The lowest BCUT2D eigenvalue weighted by atomic mass is 9.85. The Kier molecular flexibility index (Phi) is 5.02. The maximum atomic E-state index is 10.0. The number of aliphatic hydroxyl groups excluding tert-OH is 2. The molecule has 2 atom stereocenters. The third kappa shape index (κ3) is 3.61. The Morgan fingerprint density at radius 2 is 1.83 bits per heavy atom. The number of phenols is 1. The van der Waals surface area contributed by atoms with Crippen molar-refractivity contribution in [1.29, 1.82) is 0 Å². The summed E-state index contributed by atoms with van der Waals surface area (Å²) in [5.74, 6) is 0.252. The molecule has 1 rings (SSSR count). The fourth-order valence-electron chi connectivity index (χ4n) is 1.73. The molecule has 0 heterocycles. The molecule has 4 heteroatoms. The topological polar surface area (TPSA) is 60.7 Å². The zero-order chi connectivity index (χ0) is 13.9. The van der Waals surface area contributed by atoms with Crippen molar-refractivity contribution >= 4 is 11.6 Å². The molecule has 3 nitrogen and oxygen atoms in total. The van der Waals surface area contributed by atoms with E-state index in [1.165, 1.54) is 0 Å². The van der Waals surface area contributed by atoms with Crippen LogP contribution in [-0.4, -0.2) is 27.3 Å². The van der Waals surface area contributed by atoms with Gasteiger partial charge in [-0.3, -0.25) is 0 Å². The molecule has 0 aromatic heterocycles. The minimum Gasteiger partial charge on any atom is -0.508 e. The van der Waals surface area contributed by atoms with E-state index in [0.29, 0.717) is 5.56 Å². The quantitative estimate of drug-likeness (QED) is 0.739. The minimum absolute atomic E-state index is 0.0101. The molecular weight excluding hydrogens is 252 g/mol. The smallest absolute Gasteiger partial charge is 0.121 e. The van der Waals surface area contributed by atoms with Gasteiger partial charge < -0.3 is 15.3 Å². The molecule has 3 N–H and O–H groups in total. The Balaban J connectivity index is 3.08. The monoisotopic (exact) mass is 272 g/mol. The highest BCUT2D eigenvalue weighted by Crippen LogP contribution is 2.32. The molecule has 0 spiro atoms. The standard InChI is InChI=1S/C14H21ClO3/c1-14(2,3)9-4-5-11(16)10(8-9)13(18)12(17)6-7-15/h4-5,8,12-13,16-18H,6-7H2,1-3H3. The molecule has 0 radical (unpaired) electrons. The largest absolute Gasteiger partial charge is 0.508 e. The summed E-state index contributed by atoms with van der Waals surface area (Å²) in [6, 6.07) is 5.10. The molecule has 0 amide bonds. The van der Waals surface area contributed by atoms with Gasteiger partial charge in [0.15, 0.2) is 0 Å². The highest BCUT2D eigenvalue weighted by atomic mass is 35.5. The lowest BCUT2D eigenvalue weighted by molar-refractivity contribution is 0.0156. The van der Waals surface area contributed by atoms with Crippen molar-refractivity contribution in [2.75, 3.05) is 5.88 Å². The fourth-order valence-corrected chi connectivity index (χ4v) is 1.96. The van der Waals surface area contributed by atoms with Crippen molar-refractivity contribution in [2.24, 2.45) is 0 Å². The molecule has 18 heavy (non-hydrogen) atoms. The Morgan fingerprint density at radius 3 is 2.33 bits per heavy atom. The summed E-state index contributed by atoms with van der Waals surface area (Å²) in [7, 11) is 0. The maximum absolute atomic E-state index is 10.0. The summed E-state index contributed by atoms with van der Waals surface area (Å²) >= 11 is 5.54. The predicted octanol–water partition coefficient (Wildman–Crippen LogP) is 2.71. The van der Waals surface area contributed by atoms with Gasteiger partial charge in [-0.1, -0.05) is 26.8 Å². The molecule has 0 aliphatic heterocycles. The van der Waals surface area contributed by atoms with E-state index in [0.717, 1.165) is 5.56 Å². The van der Waals surface area contributed by atoms with Gasteiger partial charge in [-0.2, -0.15) is 0 Å². The molecule has 0 saturated carbocycles. The van der Waals surface area contributed by atoms with Crippen LogP contribution >= 0.6 is 11.6 Å². The summed E-state index contributed by atoms with van der Waals surface area (Å²) in [4.78, 5) is 0. The Morgan fingerprint density at radius 1 is 1.22 bits per heavy atom. The molecule has 102 valence electrons. The van der Waals surface area contributed by atoms with Crippen LogP contribution in [0.2, 0.25) is 0 Å². The van der Waals surface area contributed by atoms with Crippen LogP contribution in [0.25, 0.3) is 0 Å². The van der Waals surface area contributed by atoms with Crippen LogP contribution in [-0.2, 0) is 5.41 Å². The first kappa shape index (κ1) is 15.3. The highest BCUT2D eigenvalue weighted by Gasteiger charge is 2.23. The Bertz CT molecular complexity index is 399. The van der Waals surface area contributed by atoms with Crippen LogP contribution < -0.4 is 0 Å². The number of aromatic hydroxyl groups is 1. The minimum atomic E-state index is -1.12. The van der Waals surface area contributed by atoms with Crippen molar-refractivity contribution in [2.45, 2.75) is 44.8 Å². The lowest BCUT2D eigenvalue weighted by Crippen LogP contribution is -2.20. The molecule has 0 fully saturated rings. The van der Waals surface area contributed by atoms with Gasteiger partial charge in [0.05, 0.1) is 6.10 Å². The first-order valence-electron chi connectivity index (χ1n) is 6.03. The second-order valence-electron chi connectivity index (χ2n) is 5.51. The highest BCUT2D eigenvalue weighted by molar-refractivity contribution is 6.17. The van der Waals surface area contributed by atoms with Gasteiger partial charge in [-0.15, -0.1) is 11.6 Å². The average Bonchev–Trinajstić information content (AvgIpc) is 2.27. The van der Waals surface area contributed by atoms with Crippen molar-refractivity contribution in [1.82, 2.24) is 0 Å². The lowest BCUT2D eigenvalue weighted by Gasteiger charge is -2.23. The third-order valence-electron chi connectivity index (χ3n) is 2.98. The van der Waals surface area contributed by atoms with Crippen molar-refractivity contribution in [3.8, 4) is 5.75 Å². The predicted molar refractivity (Wildman–Crippen MR) is 73.1 cm³/mol. The van der Waals surface area contributed by atoms with Gasteiger partial charge in [0.25, 0.3) is 0 Å². The van der Waals surface area contributed by atoms with E-state index < -0.39 is 12.2 Å². The second-order valence-corrected chi connectivity index (χ2v) is 5.89. The van der Waals surface area contributed by atoms with Gasteiger partial charge in [0.2, 0.25) is 0 Å². The van der Waals surface area contributed by atoms with Gasteiger partial charge >= 0.3 is 0 Å². The molecule has 0 aliphatic carbocycles. The van der Waals surface area contributed by atoms with Crippen LogP contribution in [0.3, 0.4) is 0 Å². The summed E-state index contributed by atoms with van der Waals surface area (Å²) in [5.41, 5.74) is 1.26. The summed E-state index contributed by atoms with van der Waals surface area (Å²) in [6.45, 7) is 6.14. The number of alkyl halides is 1. The maximum Gasteiger partial charge on any atom is 0.121 e. The second kappa shape index (κ2) is 5.91. The number of halogens is 1. The van der Waals surface area contributed by atoms with Crippen LogP contribution in [0.15, 0.2) is 18.2 Å². The number of phenolic OH excluding ortho intramolecular Hbond substituents is 1. The van der Waals surface area contributed by atoms with Gasteiger partial charge in [-0.05, 0) is 29.5 Å². The summed E-state index contributed by atoms with van der Waals surface area (Å²) < 4.78 is 0. The van der Waals surface area contributed by atoms with Crippen molar-refractivity contribution in [3.63, 3.8) is 0 Å². The van der Waals surface area contributed by atoms with Crippen LogP contribution in [0, 0.1) is 0 Å². The number of hydrogen-bond donors (Lipinski definition) is 3. The van der Waals surface area contributed by atoms with E-state index >= 15 is 0 Å². The van der Waals surface area contributed by atoms with Crippen molar-refractivity contribution in [3.05, 3.63) is 29.3 Å². The molecule has 0 bridgehead atoms. The molecular formula is C14H21ClO3. The molecule has 0 saturated heterocycles. The van der Waals surface area contributed by atoms with E-state index in [1.54, 1.807) is 12.1 Å². The Hall–Kier alpha value is -0.770. The van der Waals surface area contributed by atoms with Gasteiger partial charge in [-0.25, -0.2) is 0 Å². The van der Waals surface area contributed by atoms with E-state index in [4.69, 9.17) is 11.6 Å². The number of benzene rings is 1. The van der Waals surface area contributed by atoms with E-state index in [2.05, 4.69) is 0 Å². The van der Waals surface area contributed by atoms with Crippen LogP contribution in [0.5, 0.6) is 5.75 Å². The Labute approximate surface area is 113 Å². The zero-order valence-corrected chi connectivity index (χ0v) is 11.8. The average molecular weight is 273 g/mol. The third-order valence-corrected chi connectivity index (χ3v) is 3.20. The summed E-state index contributed by atoms with van der Waals surface area (Å²) in [6.07, 6.45) is -1.81. The van der Waals surface area contributed by atoms with E-state index in [-0.39, 0.29) is 23.5 Å². The normalized spacial score (nSPS) is 15.4. The first-order valence-corrected chi connectivity index (χ1v) is 6.56. The van der Waals surface area contributed by atoms with Crippen molar-refractivity contribution < 1.29 is 15.3 Å². The number of rotatable bonds is 4. The SMILES string of the molecule is CC(C)(C)c1ccc(O)c(C(O)C(O)CCCl)c1. The van der Waals surface area contributed by atoms with Crippen LogP contribution in [0.4, 0.5) is 0 Å². The number of hydrogen-bond acceptors (Lipinski definition) is 3. The molecule has 2 unspecified atom stereocenters. The summed E-state index contributed by atoms with van der Waals surface area (Å²) in [5, 5.41) is 29.6. The molecule has 1 aromatic carbocycles. The molecule has 1 aromatic rings. The number of aliphatic hydroxyl groups is 2. The van der Waals surface area contributed by atoms with Gasteiger partial charge in [0.1, 0.15) is 11.9 Å². The fraction of sp³-hybridized carbons (Fsp3) is 0.571. The van der Waals surface area contributed by atoms with Gasteiger partial charge in [0, 0.05) is 11.4 Å². The van der Waals surface area contributed by atoms with Crippen LogP contribution in [0.1, 0.15) is 44.4 Å².